The maximum absolute atomic E-state index is 12.6. The number of aryl methyl sites for hydroxylation is 1. The standard InChI is InChI=1S/C14H18F3N3O5S/c1-8(2)7-18-11-9-5-3-4-6-10(9)19-13(12(11)20(21)22)25-26(23,24)14(15,16)17/h8H,3-7H2,1-2H3,(H,18,19). The van der Waals surface area contributed by atoms with Gasteiger partial charge in [-0.05, 0) is 31.6 Å². The van der Waals surface area contributed by atoms with Crippen LogP contribution in [0.3, 0.4) is 0 Å². The highest BCUT2D eigenvalue weighted by Gasteiger charge is 2.50. The quantitative estimate of drug-likeness (QED) is 0.340. The second kappa shape index (κ2) is 7.25. The van der Waals surface area contributed by atoms with Gasteiger partial charge in [0.25, 0.3) is 0 Å². The number of fused-ring (bicyclic) bond motifs is 1. The lowest BCUT2D eigenvalue weighted by atomic mass is 9.94. The second-order valence-corrected chi connectivity index (χ2v) is 7.83. The zero-order chi connectivity index (χ0) is 19.7. The van der Waals surface area contributed by atoms with Gasteiger partial charge in [-0.1, -0.05) is 13.8 Å². The number of nitrogens with one attached hydrogen (secondary N) is 1. The molecule has 1 aromatic rings. The lowest BCUT2D eigenvalue weighted by Gasteiger charge is -2.21. The van der Waals surface area contributed by atoms with E-state index >= 15 is 0 Å². The van der Waals surface area contributed by atoms with Gasteiger partial charge in [0.2, 0.25) is 0 Å². The third kappa shape index (κ3) is 4.17. The number of aromatic nitrogens is 1. The Bertz CT molecular complexity index is 809. The van der Waals surface area contributed by atoms with Crippen molar-refractivity contribution >= 4 is 21.5 Å². The van der Waals surface area contributed by atoms with Crippen molar-refractivity contribution < 1.29 is 30.7 Å². The van der Waals surface area contributed by atoms with Gasteiger partial charge in [-0.2, -0.15) is 21.6 Å². The van der Waals surface area contributed by atoms with E-state index in [0.29, 0.717) is 37.1 Å². The van der Waals surface area contributed by atoms with Crippen LogP contribution in [-0.2, 0) is 23.0 Å². The van der Waals surface area contributed by atoms with Gasteiger partial charge in [-0.15, -0.1) is 0 Å². The number of alkyl halides is 3. The summed E-state index contributed by atoms with van der Waals surface area (Å²) in [5.74, 6) is -1.08. The van der Waals surface area contributed by atoms with E-state index in [-0.39, 0.29) is 11.6 Å². The number of hydrogen-bond donors (Lipinski definition) is 1. The minimum atomic E-state index is -6.08. The number of nitrogens with zero attached hydrogens (tertiary/aromatic N) is 2. The normalized spacial score (nSPS) is 14.8. The maximum Gasteiger partial charge on any atom is 0.534 e. The van der Waals surface area contributed by atoms with E-state index in [1.54, 1.807) is 0 Å². The number of nitro groups is 1. The minimum absolute atomic E-state index is 0.0271. The number of rotatable bonds is 6. The average Bonchev–Trinajstić information content (AvgIpc) is 2.50. The number of anilines is 1. The van der Waals surface area contributed by atoms with Gasteiger partial charge in [0.1, 0.15) is 5.69 Å². The molecule has 0 aliphatic heterocycles. The number of halogens is 3. The highest BCUT2D eigenvalue weighted by molar-refractivity contribution is 7.88. The van der Waals surface area contributed by atoms with E-state index < -0.39 is 32.1 Å². The zero-order valence-corrected chi connectivity index (χ0v) is 14.9. The fourth-order valence-electron chi connectivity index (χ4n) is 2.58. The van der Waals surface area contributed by atoms with Crippen LogP contribution in [0.2, 0.25) is 0 Å². The van der Waals surface area contributed by atoms with Crippen LogP contribution in [0.15, 0.2) is 0 Å². The molecule has 12 heteroatoms. The van der Waals surface area contributed by atoms with Crippen LogP contribution in [0.5, 0.6) is 5.88 Å². The minimum Gasteiger partial charge on any atom is -0.379 e. The van der Waals surface area contributed by atoms with Gasteiger partial charge in [0.15, 0.2) is 0 Å². The van der Waals surface area contributed by atoms with E-state index in [1.165, 1.54) is 0 Å². The summed E-state index contributed by atoms with van der Waals surface area (Å²) in [6, 6.07) is 0. The molecule has 0 radical (unpaired) electrons. The molecule has 0 aromatic carbocycles. The van der Waals surface area contributed by atoms with Crippen LogP contribution < -0.4 is 9.50 Å². The SMILES string of the molecule is CC(C)CNc1c2c(nc(OS(=O)(=O)C(F)(F)F)c1[N+](=O)[O-])CCCC2. The first-order chi connectivity index (χ1) is 11.9. The smallest absolute Gasteiger partial charge is 0.379 e. The predicted octanol–water partition coefficient (Wildman–Crippen LogP) is 3.16. The van der Waals surface area contributed by atoms with E-state index in [0.717, 1.165) is 6.42 Å². The number of pyridine rings is 1. The van der Waals surface area contributed by atoms with Gasteiger partial charge in [0, 0.05) is 12.1 Å². The first kappa shape index (κ1) is 20.2. The first-order valence-electron chi connectivity index (χ1n) is 7.88. The Morgan fingerprint density at radius 3 is 2.46 bits per heavy atom. The van der Waals surface area contributed by atoms with E-state index in [9.17, 15) is 31.7 Å². The molecule has 0 amide bonds. The molecule has 1 N–H and O–H groups in total. The molecule has 1 aliphatic rings. The zero-order valence-electron chi connectivity index (χ0n) is 14.1. The van der Waals surface area contributed by atoms with Gasteiger partial charge in [-0.3, -0.25) is 10.1 Å². The van der Waals surface area contributed by atoms with Crippen LogP contribution in [0, 0.1) is 16.0 Å². The van der Waals surface area contributed by atoms with Gasteiger partial charge >= 0.3 is 27.2 Å². The Morgan fingerprint density at radius 1 is 1.31 bits per heavy atom. The Morgan fingerprint density at radius 2 is 1.92 bits per heavy atom. The Kier molecular flexibility index (Phi) is 5.64. The van der Waals surface area contributed by atoms with Crippen LogP contribution in [0.1, 0.15) is 37.9 Å². The van der Waals surface area contributed by atoms with Crippen molar-refractivity contribution in [2.75, 3.05) is 11.9 Å². The van der Waals surface area contributed by atoms with Crippen molar-refractivity contribution in [2.24, 2.45) is 5.92 Å². The van der Waals surface area contributed by atoms with Gasteiger partial charge in [0.05, 0.1) is 10.6 Å². The van der Waals surface area contributed by atoms with Crippen LogP contribution in [0.4, 0.5) is 24.5 Å². The molecular formula is C14H18F3N3O5S. The van der Waals surface area contributed by atoms with Crippen molar-refractivity contribution in [3.8, 4) is 5.88 Å². The Hall–Kier alpha value is -2.11. The van der Waals surface area contributed by atoms with Gasteiger partial charge in [-0.25, -0.2) is 4.98 Å². The monoisotopic (exact) mass is 397 g/mol. The van der Waals surface area contributed by atoms with Crippen molar-refractivity contribution in [2.45, 2.75) is 45.0 Å². The van der Waals surface area contributed by atoms with Crippen LogP contribution in [0.25, 0.3) is 0 Å². The molecule has 0 bridgehead atoms. The summed E-state index contributed by atoms with van der Waals surface area (Å²) in [6.45, 7) is 4.00. The molecule has 146 valence electrons. The molecule has 0 saturated carbocycles. The molecule has 8 nitrogen and oxygen atoms in total. The molecule has 0 spiro atoms. The summed E-state index contributed by atoms with van der Waals surface area (Å²) >= 11 is 0. The molecule has 26 heavy (non-hydrogen) atoms. The highest BCUT2D eigenvalue weighted by Crippen LogP contribution is 2.42. The molecule has 0 saturated heterocycles. The third-order valence-corrected chi connectivity index (χ3v) is 4.70. The van der Waals surface area contributed by atoms with E-state index in [1.807, 2.05) is 13.8 Å². The van der Waals surface area contributed by atoms with Crippen molar-refractivity contribution in [3.63, 3.8) is 0 Å². The molecule has 0 fully saturated rings. The maximum atomic E-state index is 12.6. The molecule has 0 unspecified atom stereocenters. The molecule has 1 aliphatic carbocycles. The fraction of sp³-hybridized carbons (Fsp3) is 0.643. The fourth-order valence-corrected chi connectivity index (χ4v) is 3.00. The predicted molar refractivity (Wildman–Crippen MR) is 86.5 cm³/mol. The van der Waals surface area contributed by atoms with Gasteiger partial charge < -0.3 is 9.50 Å². The molecule has 2 rings (SSSR count). The van der Waals surface area contributed by atoms with E-state index in [2.05, 4.69) is 14.5 Å². The summed E-state index contributed by atoms with van der Waals surface area (Å²) in [7, 11) is -6.08. The molecule has 1 heterocycles. The summed E-state index contributed by atoms with van der Waals surface area (Å²) in [6.07, 6.45) is 2.25. The molecule has 0 atom stereocenters. The molecular weight excluding hydrogens is 379 g/mol. The molecule has 1 aromatic heterocycles. The largest absolute Gasteiger partial charge is 0.534 e. The number of hydrogen-bond acceptors (Lipinski definition) is 7. The lowest BCUT2D eigenvalue weighted by molar-refractivity contribution is -0.384. The topological polar surface area (TPSA) is 111 Å². The second-order valence-electron chi connectivity index (χ2n) is 6.29. The van der Waals surface area contributed by atoms with Crippen molar-refractivity contribution in [1.29, 1.82) is 0 Å². The summed E-state index contributed by atoms with van der Waals surface area (Å²) in [4.78, 5) is 14.2. The summed E-state index contributed by atoms with van der Waals surface area (Å²) < 4.78 is 64.5. The summed E-state index contributed by atoms with van der Waals surface area (Å²) in [5, 5.41) is 14.3. The highest BCUT2D eigenvalue weighted by atomic mass is 32.2. The van der Waals surface area contributed by atoms with E-state index in [4.69, 9.17) is 0 Å². The first-order valence-corrected chi connectivity index (χ1v) is 9.29. The van der Waals surface area contributed by atoms with Crippen LogP contribution in [-0.4, -0.2) is 30.4 Å². The Labute approximate surface area is 148 Å². The lowest BCUT2D eigenvalue weighted by Crippen LogP contribution is -2.29. The average molecular weight is 397 g/mol. The van der Waals surface area contributed by atoms with Crippen molar-refractivity contribution in [1.82, 2.24) is 4.98 Å². The third-order valence-electron chi connectivity index (χ3n) is 3.76. The van der Waals surface area contributed by atoms with Crippen molar-refractivity contribution in [3.05, 3.63) is 21.4 Å². The Balaban J connectivity index is 2.64. The van der Waals surface area contributed by atoms with Crippen LogP contribution >= 0.6 is 0 Å². The summed E-state index contributed by atoms with van der Waals surface area (Å²) in [5.41, 5.74) is -5.83.